The van der Waals surface area contributed by atoms with Crippen molar-refractivity contribution in [1.82, 2.24) is 0 Å². The fourth-order valence-electron chi connectivity index (χ4n) is 4.13. The van der Waals surface area contributed by atoms with Gasteiger partial charge in [0.15, 0.2) is 0 Å². The molecule has 0 atom stereocenters. The Morgan fingerprint density at radius 1 is 1.10 bits per heavy atom. The van der Waals surface area contributed by atoms with Crippen molar-refractivity contribution in [3.63, 3.8) is 0 Å². The lowest BCUT2D eigenvalue weighted by Crippen LogP contribution is -2.42. The Morgan fingerprint density at radius 3 is 2.39 bits per heavy atom. The van der Waals surface area contributed by atoms with Gasteiger partial charge in [-0.2, -0.15) is 0 Å². The van der Waals surface area contributed by atoms with Crippen LogP contribution in [-0.2, 0) is 14.9 Å². The normalized spacial score (nSPS) is 16.0. The highest BCUT2D eigenvalue weighted by atomic mass is 35.5. The van der Waals surface area contributed by atoms with Crippen LogP contribution in [0.4, 0.5) is 5.69 Å². The monoisotopic (exact) mass is 443 g/mol. The molecule has 0 heterocycles. The average molecular weight is 444 g/mol. The maximum Gasteiger partial charge on any atom is 0.235 e. The molecule has 1 aliphatic rings. The van der Waals surface area contributed by atoms with Gasteiger partial charge in [-0.05, 0) is 57.4 Å². The molecule has 0 aromatic heterocycles. The molecule has 4 nitrogen and oxygen atoms in total. The Morgan fingerprint density at radius 2 is 1.77 bits per heavy atom. The van der Waals surface area contributed by atoms with Crippen LogP contribution in [0.25, 0.3) is 0 Å². The molecule has 0 bridgehead atoms. The maximum absolute atomic E-state index is 13.5. The highest BCUT2D eigenvalue weighted by molar-refractivity contribution is 6.32. The van der Waals surface area contributed by atoms with Crippen LogP contribution in [-0.4, -0.2) is 25.2 Å². The number of halogens is 1. The van der Waals surface area contributed by atoms with Gasteiger partial charge in [0.05, 0.1) is 22.6 Å². The minimum absolute atomic E-state index is 0.0441. The van der Waals surface area contributed by atoms with Gasteiger partial charge in [-0.25, -0.2) is 0 Å². The van der Waals surface area contributed by atoms with Gasteiger partial charge >= 0.3 is 0 Å². The summed E-state index contributed by atoms with van der Waals surface area (Å²) in [7, 11) is 1.69. The van der Waals surface area contributed by atoms with E-state index >= 15 is 0 Å². The van der Waals surface area contributed by atoms with Crippen molar-refractivity contribution in [2.75, 3.05) is 19.0 Å². The number of amides is 1. The first-order valence-electron chi connectivity index (χ1n) is 11.1. The summed E-state index contributed by atoms with van der Waals surface area (Å²) in [5, 5.41) is 3.61. The van der Waals surface area contributed by atoms with Crippen LogP contribution < -0.4 is 10.1 Å². The minimum atomic E-state index is -0.487. The Labute approximate surface area is 191 Å². The molecule has 5 heteroatoms. The summed E-state index contributed by atoms with van der Waals surface area (Å²) in [5.41, 5.74) is 2.26. The van der Waals surface area contributed by atoms with Gasteiger partial charge in [0.1, 0.15) is 5.75 Å². The van der Waals surface area contributed by atoms with Gasteiger partial charge in [-0.1, -0.05) is 60.7 Å². The molecule has 31 heavy (non-hydrogen) atoms. The van der Waals surface area contributed by atoms with Crippen LogP contribution in [0.15, 0.2) is 42.5 Å². The molecule has 2 aromatic carbocycles. The predicted octanol–water partition coefficient (Wildman–Crippen LogP) is 6.68. The third-order valence-corrected chi connectivity index (χ3v) is 6.75. The Balaban J connectivity index is 1.72. The van der Waals surface area contributed by atoms with Crippen molar-refractivity contribution >= 4 is 23.2 Å². The molecule has 0 radical (unpaired) electrons. The fraction of sp³-hybridized carbons (Fsp3) is 0.500. The smallest absolute Gasteiger partial charge is 0.235 e. The summed E-state index contributed by atoms with van der Waals surface area (Å²) in [5.74, 6) is 0.653. The zero-order chi connectivity index (χ0) is 22.5. The molecule has 0 spiro atoms. The first-order chi connectivity index (χ1) is 14.8. The van der Waals surface area contributed by atoms with Gasteiger partial charge in [-0.15, -0.1) is 0 Å². The first kappa shape index (κ1) is 23.6. The summed E-state index contributed by atoms with van der Waals surface area (Å²) < 4.78 is 11.2. The number of nitrogens with one attached hydrogen (secondary N) is 1. The van der Waals surface area contributed by atoms with E-state index in [4.69, 9.17) is 21.1 Å². The van der Waals surface area contributed by atoms with Crippen LogP contribution in [0.5, 0.6) is 5.75 Å². The number of hydrogen-bond acceptors (Lipinski definition) is 3. The fourth-order valence-corrected chi connectivity index (χ4v) is 4.37. The number of carbonyl (C=O) groups is 1. The number of aryl methyl sites for hydroxylation is 1. The van der Waals surface area contributed by atoms with E-state index < -0.39 is 5.41 Å². The highest BCUT2D eigenvalue weighted by Gasteiger charge is 2.41. The van der Waals surface area contributed by atoms with Gasteiger partial charge in [0.2, 0.25) is 5.91 Å². The summed E-state index contributed by atoms with van der Waals surface area (Å²) >= 11 is 6.44. The van der Waals surface area contributed by atoms with Crippen LogP contribution in [0, 0.1) is 6.92 Å². The third-order valence-electron chi connectivity index (χ3n) is 6.45. The second kappa shape index (κ2) is 10.1. The van der Waals surface area contributed by atoms with E-state index in [0.29, 0.717) is 23.1 Å². The number of carbonyl (C=O) groups excluding carboxylic acids is 1. The molecule has 2 aromatic rings. The second-order valence-corrected chi connectivity index (χ2v) is 9.58. The number of hydrogen-bond donors (Lipinski definition) is 1. The first-order valence-corrected chi connectivity index (χ1v) is 11.5. The molecule has 0 saturated heterocycles. The number of anilines is 1. The predicted molar refractivity (Wildman–Crippen MR) is 127 cm³/mol. The van der Waals surface area contributed by atoms with Gasteiger partial charge < -0.3 is 14.8 Å². The van der Waals surface area contributed by atoms with Gasteiger partial charge in [-0.3, -0.25) is 4.79 Å². The van der Waals surface area contributed by atoms with E-state index in [1.54, 1.807) is 13.2 Å². The van der Waals surface area contributed by atoms with Gasteiger partial charge in [0, 0.05) is 19.2 Å². The zero-order valence-corrected chi connectivity index (χ0v) is 19.8. The molecular formula is C26H34ClNO3. The lowest BCUT2D eigenvalue weighted by Gasteiger charge is -2.36. The number of methoxy groups -OCH3 is 1. The summed E-state index contributed by atoms with van der Waals surface area (Å²) in [4.78, 5) is 13.5. The molecule has 1 aliphatic carbocycles. The van der Waals surface area contributed by atoms with Crippen molar-refractivity contribution < 1.29 is 14.3 Å². The molecule has 0 aliphatic heterocycles. The van der Waals surface area contributed by atoms with Crippen molar-refractivity contribution in [3.8, 4) is 5.75 Å². The largest absolute Gasteiger partial charge is 0.492 e. The molecule has 1 saturated carbocycles. The number of rotatable bonds is 8. The van der Waals surface area contributed by atoms with Crippen LogP contribution in [0.3, 0.4) is 0 Å². The minimum Gasteiger partial charge on any atom is -0.492 e. The molecule has 0 unspecified atom stereocenters. The summed E-state index contributed by atoms with van der Waals surface area (Å²) in [6.07, 6.45) is 5.79. The number of benzene rings is 2. The highest BCUT2D eigenvalue weighted by Crippen LogP contribution is 2.41. The Hall–Kier alpha value is -2.04. The lowest BCUT2D eigenvalue weighted by atomic mass is 9.68. The van der Waals surface area contributed by atoms with Crippen LogP contribution >= 0.6 is 11.6 Å². The molecule has 168 valence electrons. The van der Waals surface area contributed by atoms with Crippen LogP contribution in [0.1, 0.15) is 63.5 Å². The van der Waals surface area contributed by atoms with E-state index in [1.807, 2.05) is 26.0 Å². The third kappa shape index (κ3) is 5.81. The van der Waals surface area contributed by atoms with E-state index in [-0.39, 0.29) is 11.5 Å². The summed E-state index contributed by atoms with van der Waals surface area (Å²) in [6.45, 7) is 6.61. The van der Waals surface area contributed by atoms with E-state index in [1.165, 1.54) is 12.0 Å². The standard InChI is InChI=1S/C26H34ClNO3/c1-19-8-10-20(11-9-19)26(14-6-5-7-15-26)24(29)28-21-12-13-23(22(27)18-21)31-17-16-25(2,3)30-4/h8-13,18H,5-7,14-17H2,1-4H3,(H,28,29). The maximum atomic E-state index is 13.5. The van der Waals surface area contributed by atoms with E-state index in [9.17, 15) is 4.79 Å². The SMILES string of the molecule is COC(C)(C)CCOc1ccc(NC(=O)C2(c3ccc(C)cc3)CCCCC2)cc1Cl. The topological polar surface area (TPSA) is 47.6 Å². The molecular weight excluding hydrogens is 410 g/mol. The van der Waals surface area contributed by atoms with Crippen LogP contribution in [0.2, 0.25) is 5.02 Å². The second-order valence-electron chi connectivity index (χ2n) is 9.17. The molecule has 1 N–H and O–H groups in total. The Kier molecular flexibility index (Phi) is 7.66. The zero-order valence-electron chi connectivity index (χ0n) is 19.1. The van der Waals surface area contributed by atoms with E-state index in [0.717, 1.165) is 37.7 Å². The van der Waals surface area contributed by atoms with Crippen molar-refractivity contribution in [3.05, 3.63) is 58.6 Å². The van der Waals surface area contributed by atoms with Crippen molar-refractivity contribution in [2.24, 2.45) is 0 Å². The van der Waals surface area contributed by atoms with Gasteiger partial charge in [0.25, 0.3) is 0 Å². The van der Waals surface area contributed by atoms with Crippen molar-refractivity contribution in [1.29, 1.82) is 0 Å². The lowest BCUT2D eigenvalue weighted by molar-refractivity contribution is -0.122. The molecule has 1 fully saturated rings. The van der Waals surface area contributed by atoms with E-state index in [2.05, 4.69) is 36.5 Å². The number of ether oxygens (including phenoxy) is 2. The quantitative estimate of drug-likeness (QED) is 0.494. The molecule has 3 rings (SSSR count). The van der Waals surface area contributed by atoms with Crippen molar-refractivity contribution in [2.45, 2.75) is 70.3 Å². The average Bonchev–Trinajstić information content (AvgIpc) is 2.76. The summed E-state index contributed by atoms with van der Waals surface area (Å²) in [6, 6.07) is 13.8. The Bertz CT molecular complexity index is 886. The molecule has 1 amide bonds.